The van der Waals surface area contributed by atoms with Crippen LogP contribution in [0.2, 0.25) is 0 Å². The number of ether oxygens (including phenoxy) is 1. The number of aromatic nitrogens is 1. The van der Waals surface area contributed by atoms with Crippen LogP contribution in [0.4, 0.5) is 10.5 Å². The highest BCUT2D eigenvalue weighted by Crippen LogP contribution is 2.12. The third kappa shape index (κ3) is 4.77. The van der Waals surface area contributed by atoms with Gasteiger partial charge in [0.05, 0.1) is 13.2 Å². The second-order valence-electron chi connectivity index (χ2n) is 5.65. The van der Waals surface area contributed by atoms with E-state index in [1.54, 1.807) is 41.6 Å². The molecule has 0 saturated carbocycles. The molecular formula is C18H20N4O3. The number of rotatable bonds is 4. The minimum absolute atomic E-state index is 0.0167. The Hall–Kier alpha value is -2.93. The van der Waals surface area contributed by atoms with Crippen LogP contribution in [-0.2, 0) is 11.3 Å². The summed E-state index contributed by atoms with van der Waals surface area (Å²) in [5.41, 5.74) is 2.20. The lowest BCUT2D eigenvalue weighted by molar-refractivity contribution is 0.0303. The third-order valence-corrected chi connectivity index (χ3v) is 3.89. The quantitative estimate of drug-likeness (QED) is 0.890. The Balaban J connectivity index is 1.51. The summed E-state index contributed by atoms with van der Waals surface area (Å²) in [5.74, 6) is -0.0167. The number of urea groups is 1. The van der Waals surface area contributed by atoms with Crippen LogP contribution in [0.5, 0.6) is 0 Å². The summed E-state index contributed by atoms with van der Waals surface area (Å²) in [7, 11) is 0. The van der Waals surface area contributed by atoms with Crippen LogP contribution in [0.15, 0.2) is 48.8 Å². The maximum atomic E-state index is 12.4. The van der Waals surface area contributed by atoms with E-state index < -0.39 is 0 Å². The van der Waals surface area contributed by atoms with Gasteiger partial charge in [0, 0.05) is 43.3 Å². The Kier molecular flexibility index (Phi) is 5.58. The van der Waals surface area contributed by atoms with Gasteiger partial charge in [-0.15, -0.1) is 0 Å². The molecule has 2 N–H and O–H groups in total. The molecule has 1 aromatic carbocycles. The summed E-state index contributed by atoms with van der Waals surface area (Å²) in [6.45, 7) is 2.78. The fourth-order valence-corrected chi connectivity index (χ4v) is 2.50. The maximum Gasteiger partial charge on any atom is 0.319 e. The Morgan fingerprint density at radius 1 is 1.04 bits per heavy atom. The largest absolute Gasteiger partial charge is 0.378 e. The number of carbonyl (C=O) groups is 2. The van der Waals surface area contributed by atoms with Gasteiger partial charge in [-0.05, 0) is 42.0 Å². The van der Waals surface area contributed by atoms with Crippen LogP contribution in [0.1, 0.15) is 15.9 Å². The second-order valence-corrected chi connectivity index (χ2v) is 5.65. The van der Waals surface area contributed by atoms with Gasteiger partial charge in [0.2, 0.25) is 0 Å². The van der Waals surface area contributed by atoms with Crippen molar-refractivity contribution >= 4 is 17.6 Å². The number of carbonyl (C=O) groups excluding carboxylic acids is 2. The number of benzene rings is 1. The van der Waals surface area contributed by atoms with Crippen molar-refractivity contribution in [3.8, 4) is 0 Å². The zero-order valence-corrected chi connectivity index (χ0v) is 13.8. The summed E-state index contributed by atoms with van der Waals surface area (Å²) < 4.78 is 5.25. The van der Waals surface area contributed by atoms with Gasteiger partial charge >= 0.3 is 6.03 Å². The van der Waals surface area contributed by atoms with Crippen LogP contribution in [0, 0.1) is 0 Å². The number of hydrogen-bond acceptors (Lipinski definition) is 4. The fraction of sp³-hybridized carbons (Fsp3) is 0.278. The van der Waals surface area contributed by atoms with E-state index in [4.69, 9.17) is 4.74 Å². The molecule has 0 atom stereocenters. The molecule has 0 aliphatic carbocycles. The predicted molar refractivity (Wildman–Crippen MR) is 93.3 cm³/mol. The van der Waals surface area contributed by atoms with Crippen LogP contribution < -0.4 is 10.6 Å². The van der Waals surface area contributed by atoms with Gasteiger partial charge in [0.1, 0.15) is 0 Å². The Morgan fingerprint density at radius 2 is 1.72 bits per heavy atom. The Morgan fingerprint density at radius 3 is 2.40 bits per heavy atom. The smallest absolute Gasteiger partial charge is 0.319 e. The average Bonchev–Trinajstić information content (AvgIpc) is 2.68. The first-order chi connectivity index (χ1) is 12.2. The number of anilines is 1. The van der Waals surface area contributed by atoms with Crippen molar-refractivity contribution in [1.82, 2.24) is 15.2 Å². The van der Waals surface area contributed by atoms with Gasteiger partial charge in [-0.3, -0.25) is 9.78 Å². The first-order valence-electron chi connectivity index (χ1n) is 8.13. The highest BCUT2D eigenvalue weighted by atomic mass is 16.5. The molecule has 0 radical (unpaired) electrons. The predicted octanol–water partition coefficient (Wildman–Crippen LogP) is 1.88. The standard InChI is InChI=1S/C18H20N4O3/c23-17(22-9-11-25-12-10-22)15-1-3-16(4-2-15)21-18(24)20-13-14-5-7-19-8-6-14/h1-8H,9-13H2,(H2,20,21,24). The molecule has 1 saturated heterocycles. The highest BCUT2D eigenvalue weighted by molar-refractivity contribution is 5.95. The lowest BCUT2D eigenvalue weighted by Crippen LogP contribution is -2.40. The summed E-state index contributed by atoms with van der Waals surface area (Å²) >= 11 is 0. The number of hydrogen-bond donors (Lipinski definition) is 2. The van der Waals surface area contributed by atoms with E-state index in [-0.39, 0.29) is 11.9 Å². The Labute approximate surface area is 146 Å². The van der Waals surface area contributed by atoms with Gasteiger partial charge in [-0.1, -0.05) is 0 Å². The van der Waals surface area contributed by atoms with Crippen LogP contribution in [0.3, 0.4) is 0 Å². The van der Waals surface area contributed by atoms with Gasteiger partial charge in [0.15, 0.2) is 0 Å². The van der Waals surface area contributed by atoms with E-state index in [0.717, 1.165) is 5.56 Å². The molecule has 2 heterocycles. The van der Waals surface area contributed by atoms with Crippen molar-refractivity contribution in [2.24, 2.45) is 0 Å². The third-order valence-electron chi connectivity index (χ3n) is 3.89. The normalized spacial score (nSPS) is 14.0. The molecule has 1 aliphatic heterocycles. The summed E-state index contributed by atoms with van der Waals surface area (Å²) in [4.78, 5) is 30.0. The number of nitrogens with zero attached hydrogens (tertiary/aromatic N) is 2. The molecule has 3 amide bonds. The molecule has 1 aliphatic rings. The second kappa shape index (κ2) is 8.25. The lowest BCUT2D eigenvalue weighted by atomic mass is 10.1. The summed E-state index contributed by atoms with van der Waals surface area (Å²) in [6.07, 6.45) is 3.36. The minimum Gasteiger partial charge on any atom is -0.378 e. The van der Waals surface area contributed by atoms with Crippen LogP contribution in [-0.4, -0.2) is 48.1 Å². The van der Waals surface area contributed by atoms with E-state index in [0.29, 0.717) is 44.1 Å². The van der Waals surface area contributed by atoms with Crippen LogP contribution in [0.25, 0.3) is 0 Å². The number of morpholine rings is 1. The van der Waals surface area contributed by atoms with E-state index >= 15 is 0 Å². The molecule has 130 valence electrons. The fourth-order valence-electron chi connectivity index (χ4n) is 2.50. The zero-order chi connectivity index (χ0) is 17.5. The zero-order valence-electron chi connectivity index (χ0n) is 13.8. The van der Waals surface area contributed by atoms with E-state index in [9.17, 15) is 9.59 Å². The van der Waals surface area contributed by atoms with Crippen LogP contribution >= 0.6 is 0 Å². The Bertz CT molecular complexity index is 713. The van der Waals surface area contributed by atoms with E-state index in [2.05, 4.69) is 15.6 Å². The molecular weight excluding hydrogens is 320 g/mol. The molecule has 2 aromatic rings. The molecule has 1 fully saturated rings. The molecule has 7 nitrogen and oxygen atoms in total. The summed E-state index contributed by atoms with van der Waals surface area (Å²) in [5, 5.41) is 5.52. The average molecular weight is 340 g/mol. The van der Waals surface area contributed by atoms with Crippen molar-refractivity contribution < 1.29 is 14.3 Å². The van der Waals surface area contributed by atoms with Crippen molar-refractivity contribution in [3.05, 3.63) is 59.9 Å². The SMILES string of the molecule is O=C(NCc1ccncc1)Nc1ccc(C(=O)N2CCOCC2)cc1. The molecule has 0 unspecified atom stereocenters. The minimum atomic E-state index is -0.302. The molecule has 25 heavy (non-hydrogen) atoms. The van der Waals surface area contributed by atoms with Crippen molar-refractivity contribution in [2.45, 2.75) is 6.54 Å². The molecule has 3 rings (SSSR count). The maximum absolute atomic E-state index is 12.4. The van der Waals surface area contributed by atoms with E-state index in [1.807, 2.05) is 12.1 Å². The first-order valence-corrected chi connectivity index (χ1v) is 8.13. The van der Waals surface area contributed by atoms with Crippen molar-refractivity contribution in [2.75, 3.05) is 31.6 Å². The monoisotopic (exact) mass is 340 g/mol. The highest BCUT2D eigenvalue weighted by Gasteiger charge is 2.18. The summed E-state index contributed by atoms with van der Waals surface area (Å²) in [6, 6.07) is 10.3. The number of pyridine rings is 1. The van der Waals surface area contributed by atoms with Gasteiger partial charge in [-0.2, -0.15) is 0 Å². The molecule has 7 heteroatoms. The van der Waals surface area contributed by atoms with Crippen molar-refractivity contribution in [3.63, 3.8) is 0 Å². The molecule has 1 aromatic heterocycles. The van der Waals surface area contributed by atoms with Gasteiger partial charge in [0.25, 0.3) is 5.91 Å². The number of amides is 3. The van der Waals surface area contributed by atoms with Gasteiger partial charge in [-0.25, -0.2) is 4.79 Å². The molecule has 0 bridgehead atoms. The van der Waals surface area contributed by atoms with E-state index in [1.165, 1.54) is 0 Å². The van der Waals surface area contributed by atoms with Gasteiger partial charge < -0.3 is 20.3 Å². The van der Waals surface area contributed by atoms with Crippen molar-refractivity contribution in [1.29, 1.82) is 0 Å². The number of nitrogens with one attached hydrogen (secondary N) is 2. The lowest BCUT2D eigenvalue weighted by Gasteiger charge is -2.26. The topological polar surface area (TPSA) is 83.6 Å². The first kappa shape index (κ1) is 16.9. The molecule has 0 spiro atoms.